The van der Waals surface area contributed by atoms with Crippen LogP contribution < -0.4 is 0 Å². The fourth-order valence-electron chi connectivity index (χ4n) is 1.45. The summed E-state index contributed by atoms with van der Waals surface area (Å²) in [7, 11) is 0. The third-order valence-electron chi connectivity index (χ3n) is 2.29. The molecule has 0 aliphatic heterocycles. The normalized spacial score (nSPS) is 11.7. The minimum Gasteiger partial charge on any atom is -0.318 e. The molecule has 2 rings (SSSR count). The molecule has 0 fully saturated rings. The van der Waals surface area contributed by atoms with E-state index in [1.54, 1.807) is 11.3 Å². The standard InChI is InChI=1S/C15H13NO2S/c1-12(17)18-16-15(13-6-3-2-4-7-13)10-9-14-8-5-11-19-14/h2-11H,1H3. The topological polar surface area (TPSA) is 38.7 Å². The minimum absolute atomic E-state index is 0.432. The zero-order valence-corrected chi connectivity index (χ0v) is 11.3. The molecule has 0 aliphatic carbocycles. The number of thiophene rings is 1. The Balaban J connectivity index is 2.25. The Morgan fingerprint density at radius 3 is 2.63 bits per heavy atom. The summed E-state index contributed by atoms with van der Waals surface area (Å²) >= 11 is 1.63. The van der Waals surface area contributed by atoms with Crippen LogP contribution in [0.2, 0.25) is 0 Å². The van der Waals surface area contributed by atoms with Gasteiger partial charge in [-0.25, -0.2) is 4.79 Å². The van der Waals surface area contributed by atoms with Crippen molar-refractivity contribution in [3.63, 3.8) is 0 Å². The van der Waals surface area contributed by atoms with Crippen molar-refractivity contribution in [1.82, 2.24) is 0 Å². The van der Waals surface area contributed by atoms with Crippen LogP contribution in [0.4, 0.5) is 0 Å². The van der Waals surface area contributed by atoms with Crippen molar-refractivity contribution < 1.29 is 9.63 Å². The lowest BCUT2D eigenvalue weighted by Gasteiger charge is -2.00. The highest BCUT2D eigenvalue weighted by Crippen LogP contribution is 2.12. The predicted molar refractivity (Wildman–Crippen MR) is 78.1 cm³/mol. The van der Waals surface area contributed by atoms with E-state index in [2.05, 4.69) is 5.16 Å². The Kier molecular flexibility index (Phi) is 4.64. The van der Waals surface area contributed by atoms with E-state index in [-0.39, 0.29) is 0 Å². The molecule has 0 N–H and O–H groups in total. The fourth-order valence-corrected chi connectivity index (χ4v) is 2.07. The Hall–Kier alpha value is -2.20. The zero-order valence-electron chi connectivity index (χ0n) is 10.4. The number of hydrogen-bond donors (Lipinski definition) is 0. The second-order valence-corrected chi connectivity index (χ2v) is 4.75. The molecule has 1 aromatic heterocycles. The summed E-state index contributed by atoms with van der Waals surface area (Å²) in [6.45, 7) is 1.33. The van der Waals surface area contributed by atoms with Crippen LogP contribution in [0, 0.1) is 0 Å². The molecule has 0 bridgehead atoms. The first-order valence-corrected chi connectivity index (χ1v) is 6.66. The highest BCUT2D eigenvalue weighted by atomic mass is 32.1. The lowest BCUT2D eigenvalue weighted by molar-refractivity contribution is -0.140. The van der Waals surface area contributed by atoms with Crippen LogP contribution in [0.15, 0.2) is 59.1 Å². The van der Waals surface area contributed by atoms with E-state index in [4.69, 9.17) is 4.84 Å². The van der Waals surface area contributed by atoms with E-state index in [0.29, 0.717) is 5.71 Å². The number of oxime groups is 1. The molecule has 1 aromatic carbocycles. The Morgan fingerprint density at radius 2 is 2.00 bits per heavy atom. The number of rotatable bonds is 4. The maximum atomic E-state index is 10.9. The van der Waals surface area contributed by atoms with Gasteiger partial charge in [-0.05, 0) is 23.6 Å². The van der Waals surface area contributed by atoms with Crippen molar-refractivity contribution >= 4 is 29.1 Å². The minimum atomic E-state index is -0.432. The smallest absolute Gasteiger partial charge is 0.318 e. The average molecular weight is 271 g/mol. The first kappa shape index (κ1) is 13.2. The van der Waals surface area contributed by atoms with Crippen molar-refractivity contribution in [3.05, 3.63) is 64.4 Å². The van der Waals surface area contributed by atoms with Gasteiger partial charge in [0, 0.05) is 17.4 Å². The van der Waals surface area contributed by atoms with Crippen LogP contribution >= 0.6 is 11.3 Å². The van der Waals surface area contributed by atoms with Gasteiger partial charge in [0.25, 0.3) is 0 Å². The van der Waals surface area contributed by atoms with E-state index in [9.17, 15) is 4.79 Å². The number of hydrogen-bond acceptors (Lipinski definition) is 4. The lowest BCUT2D eigenvalue weighted by Crippen LogP contribution is -2.00. The number of nitrogens with zero attached hydrogens (tertiary/aromatic N) is 1. The third kappa shape index (κ3) is 4.19. The van der Waals surface area contributed by atoms with Crippen molar-refractivity contribution in [1.29, 1.82) is 0 Å². The Labute approximate surface area is 115 Å². The van der Waals surface area contributed by atoms with Gasteiger partial charge in [-0.2, -0.15) is 0 Å². The van der Waals surface area contributed by atoms with Gasteiger partial charge in [0.2, 0.25) is 0 Å². The molecule has 0 radical (unpaired) electrons. The lowest BCUT2D eigenvalue weighted by atomic mass is 10.1. The molecule has 2 aromatic rings. The largest absolute Gasteiger partial charge is 0.332 e. The molecule has 96 valence electrons. The van der Waals surface area contributed by atoms with Gasteiger partial charge in [-0.1, -0.05) is 41.6 Å². The quantitative estimate of drug-likeness (QED) is 0.483. The second kappa shape index (κ2) is 6.66. The highest BCUT2D eigenvalue weighted by molar-refractivity contribution is 7.10. The van der Waals surface area contributed by atoms with Gasteiger partial charge >= 0.3 is 5.97 Å². The number of carbonyl (C=O) groups excluding carboxylic acids is 1. The molecule has 4 heteroatoms. The first-order valence-electron chi connectivity index (χ1n) is 5.78. The molecule has 0 atom stereocenters. The Morgan fingerprint density at radius 1 is 1.21 bits per heavy atom. The summed E-state index contributed by atoms with van der Waals surface area (Å²) in [5.41, 5.74) is 1.51. The molecule has 0 amide bonds. The van der Waals surface area contributed by atoms with Gasteiger partial charge in [-0.3, -0.25) is 0 Å². The summed E-state index contributed by atoms with van der Waals surface area (Å²) in [4.78, 5) is 16.7. The van der Waals surface area contributed by atoms with Crippen LogP contribution in [-0.4, -0.2) is 11.7 Å². The van der Waals surface area contributed by atoms with Crippen LogP contribution in [0.3, 0.4) is 0 Å². The maximum absolute atomic E-state index is 10.9. The fraction of sp³-hybridized carbons (Fsp3) is 0.0667. The summed E-state index contributed by atoms with van der Waals surface area (Å²) < 4.78 is 0. The number of benzene rings is 1. The van der Waals surface area contributed by atoms with Crippen LogP contribution in [0.1, 0.15) is 17.4 Å². The molecule has 0 saturated heterocycles. The van der Waals surface area contributed by atoms with Crippen molar-refractivity contribution in [2.24, 2.45) is 5.16 Å². The van der Waals surface area contributed by atoms with Gasteiger partial charge in [-0.15, -0.1) is 11.3 Å². The van der Waals surface area contributed by atoms with Crippen molar-refractivity contribution in [2.75, 3.05) is 0 Å². The van der Waals surface area contributed by atoms with E-state index in [1.165, 1.54) is 6.92 Å². The van der Waals surface area contributed by atoms with Crippen LogP contribution in [0.25, 0.3) is 6.08 Å². The third-order valence-corrected chi connectivity index (χ3v) is 3.13. The second-order valence-electron chi connectivity index (χ2n) is 3.77. The first-order chi connectivity index (χ1) is 9.25. The van der Waals surface area contributed by atoms with Crippen LogP contribution in [-0.2, 0) is 9.63 Å². The summed E-state index contributed by atoms with van der Waals surface area (Å²) in [6, 6.07) is 13.6. The number of allylic oxidation sites excluding steroid dienone is 1. The monoisotopic (exact) mass is 271 g/mol. The Bertz CT molecular complexity index is 586. The molecule has 0 saturated carbocycles. The molecule has 0 aliphatic rings. The van der Waals surface area contributed by atoms with Crippen molar-refractivity contribution in [2.45, 2.75) is 6.92 Å². The van der Waals surface area contributed by atoms with E-state index < -0.39 is 5.97 Å². The zero-order chi connectivity index (χ0) is 13.5. The van der Waals surface area contributed by atoms with Crippen molar-refractivity contribution in [3.8, 4) is 0 Å². The van der Waals surface area contributed by atoms with Gasteiger partial charge in [0.1, 0.15) is 5.71 Å². The van der Waals surface area contributed by atoms with Gasteiger partial charge in [0.15, 0.2) is 0 Å². The molecular weight excluding hydrogens is 258 g/mol. The van der Waals surface area contributed by atoms with Crippen LogP contribution in [0.5, 0.6) is 0 Å². The molecule has 3 nitrogen and oxygen atoms in total. The number of carbonyl (C=O) groups is 1. The molecule has 1 heterocycles. The van der Waals surface area contributed by atoms with Gasteiger partial charge in [0.05, 0.1) is 0 Å². The summed E-state index contributed by atoms with van der Waals surface area (Å²) in [6.07, 6.45) is 3.78. The maximum Gasteiger partial charge on any atom is 0.332 e. The summed E-state index contributed by atoms with van der Waals surface area (Å²) in [5, 5.41) is 5.88. The van der Waals surface area contributed by atoms with E-state index in [0.717, 1.165) is 10.4 Å². The van der Waals surface area contributed by atoms with E-state index in [1.807, 2.05) is 60.0 Å². The predicted octanol–water partition coefficient (Wildman–Crippen LogP) is 3.73. The highest BCUT2D eigenvalue weighted by Gasteiger charge is 2.01. The SMILES string of the molecule is CC(=O)ON=C(C=Cc1cccs1)c1ccccc1. The molecule has 0 spiro atoms. The molecule has 0 unspecified atom stereocenters. The molecule has 19 heavy (non-hydrogen) atoms. The van der Waals surface area contributed by atoms with Gasteiger partial charge < -0.3 is 4.84 Å². The molecular formula is C15H13NO2S. The average Bonchev–Trinajstić information content (AvgIpc) is 2.93. The van der Waals surface area contributed by atoms with E-state index >= 15 is 0 Å². The summed E-state index contributed by atoms with van der Waals surface area (Å²) in [5.74, 6) is -0.432.